The van der Waals surface area contributed by atoms with Crippen molar-refractivity contribution in [3.8, 4) is 6.01 Å². The number of nitrogens with one attached hydrogen (secondary N) is 3. The summed E-state index contributed by atoms with van der Waals surface area (Å²) in [7, 11) is 0. The van der Waals surface area contributed by atoms with Gasteiger partial charge in [0.25, 0.3) is 0 Å². The number of nitrogen functional groups attached to an aromatic ring is 1. The molecule has 10 heteroatoms. The predicted octanol–water partition coefficient (Wildman–Crippen LogP) is 1.74. The average Bonchev–Trinajstić information content (AvgIpc) is 2.51. The summed E-state index contributed by atoms with van der Waals surface area (Å²) in [6.07, 6.45) is 0. The van der Waals surface area contributed by atoms with E-state index in [1.165, 1.54) is 0 Å². The van der Waals surface area contributed by atoms with E-state index in [-0.39, 0.29) is 31.1 Å². The maximum atomic E-state index is 11.7. The first kappa shape index (κ1) is 17.5. The second kappa shape index (κ2) is 8.73. The Hall–Kier alpha value is -2.81. The van der Waals surface area contributed by atoms with Crippen molar-refractivity contribution in [2.45, 2.75) is 6.92 Å². The SMILES string of the molecule is CCNc1nc(N)nc(OCCNC(=O)Nc2cccc(Cl)c2)n1. The van der Waals surface area contributed by atoms with Crippen LogP contribution < -0.4 is 26.4 Å². The van der Waals surface area contributed by atoms with Crippen molar-refractivity contribution in [2.24, 2.45) is 0 Å². The number of carbonyl (C=O) groups excluding carboxylic acids is 1. The lowest BCUT2D eigenvalue weighted by Crippen LogP contribution is -2.32. The molecule has 0 atom stereocenters. The first-order valence-electron chi connectivity index (χ1n) is 7.25. The molecule has 0 fully saturated rings. The van der Waals surface area contributed by atoms with Crippen LogP contribution in [0.25, 0.3) is 0 Å². The highest BCUT2D eigenvalue weighted by Gasteiger charge is 2.06. The van der Waals surface area contributed by atoms with Gasteiger partial charge in [0.05, 0.1) is 6.54 Å². The van der Waals surface area contributed by atoms with Crippen LogP contribution in [-0.2, 0) is 0 Å². The number of aromatic nitrogens is 3. The molecule has 0 saturated heterocycles. The number of halogens is 1. The van der Waals surface area contributed by atoms with Crippen LogP contribution in [0.3, 0.4) is 0 Å². The van der Waals surface area contributed by atoms with E-state index >= 15 is 0 Å². The summed E-state index contributed by atoms with van der Waals surface area (Å²) in [4.78, 5) is 23.5. The number of urea groups is 1. The summed E-state index contributed by atoms with van der Waals surface area (Å²) in [5.74, 6) is 0.397. The van der Waals surface area contributed by atoms with Gasteiger partial charge in [-0.2, -0.15) is 15.0 Å². The molecule has 0 radical (unpaired) electrons. The number of nitrogens with zero attached hydrogens (tertiary/aromatic N) is 3. The van der Waals surface area contributed by atoms with Gasteiger partial charge in [-0.25, -0.2) is 4.79 Å². The number of anilines is 3. The van der Waals surface area contributed by atoms with E-state index in [1.807, 2.05) is 6.92 Å². The molecule has 24 heavy (non-hydrogen) atoms. The zero-order valence-corrected chi connectivity index (χ0v) is 13.8. The molecule has 0 spiro atoms. The van der Waals surface area contributed by atoms with Gasteiger partial charge in [-0.05, 0) is 25.1 Å². The third-order valence-electron chi connectivity index (χ3n) is 2.67. The van der Waals surface area contributed by atoms with Gasteiger partial charge in [0.1, 0.15) is 6.61 Å². The van der Waals surface area contributed by atoms with E-state index in [0.29, 0.717) is 23.2 Å². The third-order valence-corrected chi connectivity index (χ3v) is 2.90. The summed E-state index contributed by atoms with van der Waals surface area (Å²) in [5.41, 5.74) is 6.17. The number of benzene rings is 1. The first-order chi connectivity index (χ1) is 11.6. The van der Waals surface area contributed by atoms with Gasteiger partial charge < -0.3 is 26.4 Å². The Morgan fingerprint density at radius 3 is 2.92 bits per heavy atom. The average molecular weight is 352 g/mol. The van der Waals surface area contributed by atoms with Crippen LogP contribution >= 0.6 is 11.6 Å². The van der Waals surface area contributed by atoms with Crippen molar-refractivity contribution in [3.05, 3.63) is 29.3 Å². The molecule has 0 aliphatic rings. The second-order valence-corrected chi connectivity index (χ2v) is 5.01. The highest BCUT2D eigenvalue weighted by atomic mass is 35.5. The molecule has 1 heterocycles. The van der Waals surface area contributed by atoms with Crippen molar-refractivity contribution in [1.29, 1.82) is 0 Å². The van der Waals surface area contributed by atoms with Gasteiger partial charge in [0, 0.05) is 17.3 Å². The van der Waals surface area contributed by atoms with E-state index in [0.717, 1.165) is 0 Å². The quantitative estimate of drug-likeness (QED) is 0.559. The summed E-state index contributed by atoms with van der Waals surface area (Å²) >= 11 is 5.84. The van der Waals surface area contributed by atoms with Crippen molar-refractivity contribution >= 4 is 35.2 Å². The summed E-state index contributed by atoms with van der Waals surface area (Å²) in [6.45, 7) is 2.99. The lowest BCUT2D eigenvalue weighted by molar-refractivity contribution is 0.245. The second-order valence-electron chi connectivity index (χ2n) is 4.57. The van der Waals surface area contributed by atoms with Crippen LogP contribution in [0.15, 0.2) is 24.3 Å². The van der Waals surface area contributed by atoms with Gasteiger partial charge in [0.15, 0.2) is 0 Å². The molecule has 0 aliphatic carbocycles. The van der Waals surface area contributed by atoms with Gasteiger partial charge in [-0.1, -0.05) is 17.7 Å². The summed E-state index contributed by atoms with van der Waals surface area (Å²) in [5, 5.41) is 8.75. The number of hydrogen-bond acceptors (Lipinski definition) is 7. The van der Waals surface area contributed by atoms with Crippen LogP contribution in [0.1, 0.15) is 6.92 Å². The Bertz CT molecular complexity index is 699. The Morgan fingerprint density at radius 1 is 1.33 bits per heavy atom. The minimum Gasteiger partial charge on any atom is -0.461 e. The first-order valence-corrected chi connectivity index (χ1v) is 7.63. The zero-order valence-electron chi connectivity index (χ0n) is 13.0. The Balaban J connectivity index is 1.75. The maximum Gasteiger partial charge on any atom is 0.323 e. The van der Waals surface area contributed by atoms with Gasteiger partial charge in [0.2, 0.25) is 11.9 Å². The Labute approximate surface area is 144 Å². The fraction of sp³-hybridized carbons (Fsp3) is 0.286. The topological polar surface area (TPSA) is 127 Å². The molecule has 1 aromatic carbocycles. The Kier molecular flexibility index (Phi) is 6.38. The molecule has 0 aliphatic heterocycles. The normalized spacial score (nSPS) is 10.1. The molecule has 2 aromatic rings. The number of hydrogen-bond donors (Lipinski definition) is 4. The molecular weight excluding hydrogens is 334 g/mol. The van der Waals surface area contributed by atoms with E-state index in [2.05, 4.69) is 30.9 Å². The van der Waals surface area contributed by atoms with E-state index in [9.17, 15) is 4.79 Å². The number of ether oxygens (including phenoxy) is 1. The van der Waals surface area contributed by atoms with Gasteiger partial charge >= 0.3 is 12.0 Å². The van der Waals surface area contributed by atoms with Crippen molar-refractivity contribution in [1.82, 2.24) is 20.3 Å². The lowest BCUT2D eigenvalue weighted by atomic mass is 10.3. The predicted molar refractivity (Wildman–Crippen MR) is 92.4 cm³/mol. The van der Waals surface area contributed by atoms with Crippen LogP contribution in [0, 0.1) is 0 Å². The lowest BCUT2D eigenvalue weighted by Gasteiger charge is -2.09. The third kappa shape index (κ3) is 5.76. The summed E-state index contributed by atoms with van der Waals surface area (Å²) in [6, 6.07) is 6.57. The molecule has 2 rings (SSSR count). The molecule has 0 unspecified atom stereocenters. The van der Waals surface area contributed by atoms with Gasteiger partial charge in [-0.3, -0.25) is 0 Å². The smallest absolute Gasteiger partial charge is 0.323 e. The number of amides is 2. The van der Waals surface area contributed by atoms with E-state index in [1.54, 1.807) is 24.3 Å². The monoisotopic (exact) mass is 351 g/mol. The molecule has 9 nitrogen and oxygen atoms in total. The Morgan fingerprint density at radius 2 is 2.17 bits per heavy atom. The summed E-state index contributed by atoms with van der Waals surface area (Å²) < 4.78 is 5.35. The molecular formula is C14H18ClN7O2. The van der Waals surface area contributed by atoms with Crippen LogP contribution in [-0.4, -0.2) is 40.7 Å². The highest BCUT2D eigenvalue weighted by Crippen LogP contribution is 2.14. The molecule has 128 valence electrons. The minimum atomic E-state index is -0.371. The minimum absolute atomic E-state index is 0.0580. The number of carbonyl (C=O) groups is 1. The van der Waals surface area contributed by atoms with Crippen molar-refractivity contribution < 1.29 is 9.53 Å². The standard InChI is InChI=1S/C14H18ClN7O2/c1-2-17-12-20-11(16)21-14(22-12)24-7-6-18-13(23)19-10-5-3-4-9(15)8-10/h3-5,8H,2,6-7H2,1H3,(H2,18,19,23)(H3,16,17,20,21,22). The van der Waals surface area contributed by atoms with Gasteiger partial charge in [-0.15, -0.1) is 0 Å². The maximum absolute atomic E-state index is 11.7. The van der Waals surface area contributed by atoms with Crippen LogP contribution in [0.2, 0.25) is 5.02 Å². The van der Waals surface area contributed by atoms with Crippen LogP contribution in [0.4, 0.5) is 22.4 Å². The van der Waals surface area contributed by atoms with E-state index < -0.39 is 0 Å². The molecule has 2 amide bonds. The van der Waals surface area contributed by atoms with Crippen LogP contribution in [0.5, 0.6) is 6.01 Å². The molecule has 1 aromatic heterocycles. The number of nitrogens with two attached hydrogens (primary N) is 1. The zero-order chi connectivity index (χ0) is 17.4. The molecule has 0 saturated carbocycles. The van der Waals surface area contributed by atoms with Crippen molar-refractivity contribution in [3.63, 3.8) is 0 Å². The fourth-order valence-corrected chi connectivity index (χ4v) is 1.91. The highest BCUT2D eigenvalue weighted by molar-refractivity contribution is 6.30. The molecule has 5 N–H and O–H groups in total. The fourth-order valence-electron chi connectivity index (χ4n) is 1.72. The number of rotatable bonds is 7. The molecule has 0 bridgehead atoms. The van der Waals surface area contributed by atoms with Crippen molar-refractivity contribution in [2.75, 3.05) is 36.1 Å². The van der Waals surface area contributed by atoms with E-state index in [4.69, 9.17) is 22.1 Å². The largest absolute Gasteiger partial charge is 0.461 e.